The van der Waals surface area contributed by atoms with Crippen LogP contribution in [-0.4, -0.2) is 13.6 Å². The molecule has 0 amide bonds. The van der Waals surface area contributed by atoms with Crippen LogP contribution in [0.15, 0.2) is 48.0 Å². The zero-order chi connectivity index (χ0) is 14.8. The van der Waals surface area contributed by atoms with Crippen molar-refractivity contribution in [3.05, 3.63) is 48.0 Å². The predicted octanol–water partition coefficient (Wildman–Crippen LogP) is 1.24. The molecule has 0 saturated carbocycles. The second-order valence-electron chi connectivity index (χ2n) is 4.94. The molecule has 0 unspecified atom stereocenters. The average Bonchev–Trinajstić information content (AvgIpc) is 2.36. The summed E-state index contributed by atoms with van der Waals surface area (Å²) < 4.78 is 43.5. The number of benzene rings is 2. The average molecular weight is 318 g/mol. The number of hydrogen-bond acceptors (Lipinski definition) is 1. The first-order valence-corrected chi connectivity index (χ1v) is 6.36. The maximum absolute atomic E-state index is 12.7. The van der Waals surface area contributed by atoms with Crippen molar-refractivity contribution in [1.29, 1.82) is 0 Å². The van der Waals surface area contributed by atoms with Gasteiger partial charge in [0.15, 0.2) is 0 Å². The first-order chi connectivity index (χ1) is 9.36. The summed E-state index contributed by atoms with van der Waals surface area (Å²) in [7, 11) is 0. The quantitative estimate of drug-likeness (QED) is 0.609. The van der Waals surface area contributed by atoms with Gasteiger partial charge in [-0.3, -0.25) is 0 Å². The number of allylic oxidation sites excluding steroid dienone is 1. The summed E-state index contributed by atoms with van der Waals surface area (Å²) in [4.78, 5) is 0. The van der Waals surface area contributed by atoms with Crippen LogP contribution in [-0.2, 0) is 0 Å². The van der Waals surface area contributed by atoms with Crippen molar-refractivity contribution in [1.82, 2.24) is 0 Å². The van der Waals surface area contributed by atoms with Crippen molar-refractivity contribution in [2.75, 3.05) is 6.61 Å². The Morgan fingerprint density at radius 3 is 2.29 bits per heavy atom. The van der Waals surface area contributed by atoms with Crippen molar-refractivity contribution >= 4 is 23.2 Å². The summed E-state index contributed by atoms with van der Waals surface area (Å²) in [6.07, 6.45) is 1.94. The summed E-state index contributed by atoms with van der Waals surface area (Å²) in [5.74, 6) is 0.653. The van der Waals surface area contributed by atoms with Crippen LogP contribution >= 0.6 is 0 Å². The molecule has 0 heterocycles. The largest absolute Gasteiger partial charge is 1.00 e. The third kappa shape index (κ3) is 5.45. The van der Waals surface area contributed by atoms with Gasteiger partial charge in [0.1, 0.15) is 12.4 Å². The van der Waals surface area contributed by atoms with E-state index in [1.54, 1.807) is 18.2 Å². The molecule has 0 radical (unpaired) electrons. The fourth-order valence-electron chi connectivity index (χ4n) is 1.84. The maximum Gasteiger partial charge on any atom is 1.00 e. The molecule has 0 saturated heterocycles. The number of hydrogen-bond donors (Lipinski definition) is 0. The van der Waals surface area contributed by atoms with E-state index < -0.39 is 12.4 Å². The minimum Gasteiger partial charge on any atom is -0.490 e. The van der Waals surface area contributed by atoms with E-state index in [0.29, 0.717) is 17.7 Å². The third-order valence-electron chi connectivity index (χ3n) is 2.96. The molecule has 0 spiro atoms. The first-order valence-electron chi connectivity index (χ1n) is 6.36. The van der Waals surface area contributed by atoms with E-state index in [2.05, 4.69) is 0 Å². The summed E-state index contributed by atoms with van der Waals surface area (Å²) in [6.45, 7) is -0.545. The van der Waals surface area contributed by atoms with Gasteiger partial charge in [0.2, 0.25) is 0 Å². The Bertz CT molecular complexity index is 649. The summed E-state index contributed by atoms with van der Waals surface area (Å²) in [5, 5.41) is 1.31. The number of fused-ring (bicyclic) bond motifs is 1. The van der Waals surface area contributed by atoms with Crippen LogP contribution in [0.2, 0.25) is 0 Å². The minimum absolute atomic E-state index is 0. The van der Waals surface area contributed by atoms with Crippen molar-refractivity contribution < 1.29 is 69.1 Å². The molecule has 0 atom stereocenters. The second-order valence-corrected chi connectivity index (χ2v) is 4.94. The van der Waals surface area contributed by atoms with Crippen LogP contribution < -0.4 is 61.6 Å². The zero-order valence-corrected chi connectivity index (χ0v) is 15.5. The molecular weight excluding hydrogens is 303 g/mol. The third-order valence-corrected chi connectivity index (χ3v) is 2.96. The molecule has 106 valence electrons. The summed E-state index contributed by atoms with van der Waals surface area (Å²) >= 11 is 0. The Balaban J connectivity index is 0.00000220. The van der Waals surface area contributed by atoms with Gasteiger partial charge in [0, 0.05) is 0 Å². The van der Waals surface area contributed by atoms with Gasteiger partial charge in [-0.15, -0.1) is 5.46 Å². The van der Waals surface area contributed by atoms with Crippen molar-refractivity contribution in [2.24, 2.45) is 0 Å². The van der Waals surface area contributed by atoms with Crippen molar-refractivity contribution in [3.63, 3.8) is 0 Å². The van der Waals surface area contributed by atoms with Gasteiger partial charge >= 0.3 is 58.4 Å². The molecule has 0 N–H and O–H groups in total. The fraction of sp³-hybridized carbons (Fsp3) is 0.200. The maximum atomic E-state index is 12.7. The van der Waals surface area contributed by atoms with E-state index in [0.717, 1.165) is 17.0 Å². The van der Waals surface area contributed by atoms with Gasteiger partial charge in [-0.05, 0) is 42.8 Å². The Labute approximate surface area is 165 Å². The van der Waals surface area contributed by atoms with Gasteiger partial charge in [0.05, 0.1) is 0 Å². The van der Waals surface area contributed by atoms with E-state index in [1.165, 1.54) is 12.1 Å². The van der Waals surface area contributed by atoms with Gasteiger partial charge in [-0.1, -0.05) is 29.8 Å². The van der Waals surface area contributed by atoms with Gasteiger partial charge in [0.25, 0.3) is 0 Å². The van der Waals surface area contributed by atoms with Crippen LogP contribution in [0.1, 0.15) is 13.8 Å². The molecule has 2 rings (SSSR count). The normalized spacial score (nSPS) is 10.9. The van der Waals surface area contributed by atoms with Gasteiger partial charge in [-0.25, -0.2) is 0 Å². The van der Waals surface area contributed by atoms with Crippen LogP contribution in [0.5, 0.6) is 5.75 Å². The Morgan fingerprint density at radius 2 is 1.67 bits per heavy atom. The SMILES string of the molecule is CC(C)=CCOc1ccc2cc([B-](F)(F)F)ccc2c1.[K+]. The van der Waals surface area contributed by atoms with E-state index in [-0.39, 0.29) is 51.4 Å². The molecule has 0 aliphatic rings. The van der Waals surface area contributed by atoms with Crippen molar-refractivity contribution in [3.8, 4) is 5.75 Å². The molecule has 1 nitrogen and oxygen atoms in total. The molecule has 0 fully saturated rings. The van der Waals surface area contributed by atoms with Crippen molar-refractivity contribution in [2.45, 2.75) is 13.8 Å². The molecule has 21 heavy (non-hydrogen) atoms. The smallest absolute Gasteiger partial charge is 0.490 e. The fourth-order valence-corrected chi connectivity index (χ4v) is 1.84. The molecule has 0 aromatic heterocycles. The molecule has 2 aromatic carbocycles. The number of ether oxygens (including phenoxy) is 1. The zero-order valence-electron chi connectivity index (χ0n) is 12.4. The molecule has 0 bridgehead atoms. The Morgan fingerprint density at radius 1 is 1.05 bits per heavy atom. The Kier molecular flexibility index (Phi) is 7.00. The van der Waals surface area contributed by atoms with E-state index in [9.17, 15) is 12.9 Å². The summed E-state index contributed by atoms with van der Waals surface area (Å²) in [5.41, 5.74) is 0.582. The van der Waals surface area contributed by atoms with E-state index in [4.69, 9.17) is 4.74 Å². The van der Waals surface area contributed by atoms with E-state index in [1.807, 2.05) is 19.9 Å². The minimum atomic E-state index is -4.95. The monoisotopic (exact) mass is 318 g/mol. The van der Waals surface area contributed by atoms with Crippen LogP contribution in [0.25, 0.3) is 10.8 Å². The molecule has 2 aromatic rings. The van der Waals surface area contributed by atoms with Gasteiger partial charge in [-0.2, -0.15) is 0 Å². The number of rotatable bonds is 4. The van der Waals surface area contributed by atoms with Crippen LogP contribution in [0, 0.1) is 0 Å². The van der Waals surface area contributed by atoms with Gasteiger partial charge < -0.3 is 17.7 Å². The number of halogens is 3. The molecule has 6 heteroatoms. The topological polar surface area (TPSA) is 9.23 Å². The van der Waals surface area contributed by atoms with E-state index >= 15 is 0 Å². The summed E-state index contributed by atoms with van der Waals surface area (Å²) in [6, 6.07) is 8.86. The molecular formula is C15H15BF3KO. The molecule has 0 aliphatic carbocycles. The standard InChI is InChI=1S/C15H15BF3O.K/c1-11(2)7-8-20-15-6-4-12-9-14(16(17,18)19)5-3-13(12)10-15;/h3-7,9-10H,8H2,1-2H3;/q-1;+1. The predicted molar refractivity (Wildman–Crippen MR) is 77.6 cm³/mol. The Hall–Kier alpha value is -0.269. The van der Waals surface area contributed by atoms with Crippen LogP contribution in [0.3, 0.4) is 0 Å². The van der Waals surface area contributed by atoms with Crippen LogP contribution in [0.4, 0.5) is 12.9 Å². The molecule has 0 aliphatic heterocycles. The first kappa shape index (κ1) is 18.8. The second kappa shape index (κ2) is 7.83.